The molecule has 4 atom stereocenters. The van der Waals surface area contributed by atoms with Crippen molar-refractivity contribution < 1.29 is 15.3 Å². The first-order chi connectivity index (χ1) is 8.04. The van der Waals surface area contributed by atoms with E-state index < -0.39 is 29.9 Å². The molecule has 8 nitrogen and oxygen atoms in total. The van der Waals surface area contributed by atoms with Crippen LogP contribution in [-0.4, -0.2) is 48.9 Å². The summed E-state index contributed by atoms with van der Waals surface area (Å²) in [4.78, 5) is 15.0. The molecule has 1 heterocycles. The fraction of sp³-hybridized carbons (Fsp3) is 0.667. The van der Waals surface area contributed by atoms with E-state index in [-0.39, 0.29) is 18.8 Å². The van der Waals surface area contributed by atoms with Gasteiger partial charge in [0.05, 0.1) is 18.3 Å². The summed E-state index contributed by atoms with van der Waals surface area (Å²) in [5.74, 6) is -0.473. The lowest BCUT2D eigenvalue weighted by Crippen LogP contribution is -2.36. The van der Waals surface area contributed by atoms with E-state index in [0.717, 1.165) is 4.68 Å². The Kier molecular flexibility index (Phi) is 3.09. The zero-order chi connectivity index (χ0) is 12.6. The molecular formula is C9H14N4O4. The normalized spacial score (nSPS) is 32.9. The van der Waals surface area contributed by atoms with E-state index in [1.807, 2.05) is 0 Å². The molecule has 0 unspecified atom stereocenters. The highest BCUT2D eigenvalue weighted by Gasteiger charge is 2.43. The number of rotatable bonds is 2. The molecule has 0 amide bonds. The first-order valence-corrected chi connectivity index (χ1v) is 5.23. The van der Waals surface area contributed by atoms with Gasteiger partial charge in [0.25, 0.3) is 0 Å². The van der Waals surface area contributed by atoms with Crippen LogP contribution in [0.5, 0.6) is 0 Å². The van der Waals surface area contributed by atoms with Gasteiger partial charge >= 0.3 is 5.69 Å². The Hall–Kier alpha value is -1.51. The van der Waals surface area contributed by atoms with Crippen LogP contribution in [0, 0.1) is 5.92 Å². The number of nitrogens with zero attached hydrogens (tertiary/aromatic N) is 3. The monoisotopic (exact) mass is 242 g/mol. The molecule has 0 radical (unpaired) electrons. The van der Waals surface area contributed by atoms with E-state index >= 15 is 0 Å². The molecule has 94 valence electrons. The second kappa shape index (κ2) is 4.40. The smallest absolute Gasteiger partial charge is 0.366 e. The summed E-state index contributed by atoms with van der Waals surface area (Å²) in [6, 6.07) is -0.692. The summed E-state index contributed by atoms with van der Waals surface area (Å²) in [7, 11) is 0. The average molecular weight is 242 g/mol. The minimum absolute atomic E-state index is 0.00186. The average Bonchev–Trinajstić information content (AvgIpc) is 2.57. The van der Waals surface area contributed by atoms with Gasteiger partial charge in [-0.3, -0.25) is 0 Å². The largest absolute Gasteiger partial charge is 0.396 e. The number of hydrogen-bond acceptors (Lipinski definition) is 7. The quantitative estimate of drug-likeness (QED) is 0.450. The van der Waals surface area contributed by atoms with Crippen molar-refractivity contribution in [2.45, 2.75) is 24.7 Å². The van der Waals surface area contributed by atoms with Crippen LogP contribution in [0.2, 0.25) is 0 Å². The van der Waals surface area contributed by atoms with Crippen LogP contribution in [0.3, 0.4) is 0 Å². The van der Waals surface area contributed by atoms with Gasteiger partial charge in [0.15, 0.2) is 0 Å². The summed E-state index contributed by atoms with van der Waals surface area (Å²) >= 11 is 0. The maximum atomic E-state index is 11.5. The van der Waals surface area contributed by atoms with Crippen LogP contribution >= 0.6 is 0 Å². The molecule has 0 aromatic carbocycles. The van der Waals surface area contributed by atoms with Crippen molar-refractivity contribution in [3.05, 3.63) is 16.7 Å². The predicted octanol–water partition coefficient (Wildman–Crippen LogP) is -2.50. The number of aliphatic hydroxyl groups is 3. The minimum Gasteiger partial charge on any atom is -0.396 e. The predicted molar refractivity (Wildman–Crippen MR) is 56.9 cm³/mol. The third kappa shape index (κ3) is 2.02. The van der Waals surface area contributed by atoms with E-state index in [0.29, 0.717) is 0 Å². The van der Waals surface area contributed by atoms with Crippen molar-refractivity contribution in [3.8, 4) is 0 Å². The Morgan fingerprint density at radius 2 is 2.18 bits per heavy atom. The van der Waals surface area contributed by atoms with Crippen molar-refractivity contribution in [1.29, 1.82) is 0 Å². The fourth-order valence-corrected chi connectivity index (χ4v) is 2.11. The highest BCUT2D eigenvalue weighted by molar-refractivity contribution is 5.19. The molecule has 0 saturated heterocycles. The van der Waals surface area contributed by atoms with Gasteiger partial charge in [0.1, 0.15) is 11.9 Å². The molecule has 1 aliphatic carbocycles. The Morgan fingerprint density at radius 1 is 1.47 bits per heavy atom. The molecule has 0 bridgehead atoms. The second-order valence-electron chi connectivity index (χ2n) is 4.14. The molecule has 2 rings (SSSR count). The van der Waals surface area contributed by atoms with E-state index in [1.54, 1.807) is 0 Å². The Bertz CT molecular complexity index is 463. The summed E-state index contributed by atoms with van der Waals surface area (Å²) < 4.78 is 0.986. The number of hydrogen-bond donors (Lipinski definition) is 4. The first-order valence-electron chi connectivity index (χ1n) is 5.23. The van der Waals surface area contributed by atoms with Crippen LogP contribution in [0.25, 0.3) is 0 Å². The van der Waals surface area contributed by atoms with Crippen LogP contribution in [0.15, 0.2) is 11.0 Å². The van der Waals surface area contributed by atoms with Crippen LogP contribution < -0.4 is 11.4 Å². The molecule has 1 aliphatic rings. The van der Waals surface area contributed by atoms with E-state index in [2.05, 4.69) is 10.1 Å². The Morgan fingerprint density at radius 3 is 2.71 bits per heavy atom. The Labute approximate surface area is 96.3 Å². The lowest BCUT2D eigenvalue weighted by molar-refractivity contribution is -0.00607. The van der Waals surface area contributed by atoms with Gasteiger partial charge in [0, 0.05) is 12.5 Å². The minimum atomic E-state index is -1.15. The van der Waals surface area contributed by atoms with Crippen molar-refractivity contribution >= 4 is 5.82 Å². The highest BCUT2D eigenvalue weighted by Crippen LogP contribution is 2.33. The number of nitrogen functional groups attached to an aromatic ring is 1. The molecule has 0 aliphatic heterocycles. The Balaban J connectivity index is 2.32. The molecule has 17 heavy (non-hydrogen) atoms. The molecule has 0 spiro atoms. The fourth-order valence-electron chi connectivity index (χ4n) is 2.11. The van der Waals surface area contributed by atoms with Gasteiger partial charge in [-0.05, 0) is 6.42 Å². The highest BCUT2D eigenvalue weighted by atomic mass is 16.3. The molecular weight excluding hydrogens is 228 g/mol. The van der Waals surface area contributed by atoms with Gasteiger partial charge in [-0.1, -0.05) is 0 Å². The van der Waals surface area contributed by atoms with Crippen LogP contribution in [0.4, 0.5) is 5.82 Å². The van der Waals surface area contributed by atoms with E-state index in [1.165, 1.54) is 6.20 Å². The maximum absolute atomic E-state index is 11.5. The first kappa shape index (κ1) is 12.0. The van der Waals surface area contributed by atoms with Gasteiger partial charge in [-0.2, -0.15) is 10.1 Å². The summed E-state index contributed by atoms with van der Waals surface area (Å²) in [6.45, 7) is -0.258. The van der Waals surface area contributed by atoms with Gasteiger partial charge < -0.3 is 21.1 Å². The molecule has 1 saturated carbocycles. The van der Waals surface area contributed by atoms with Gasteiger partial charge in [-0.15, -0.1) is 0 Å². The van der Waals surface area contributed by atoms with Crippen molar-refractivity contribution in [2.24, 2.45) is 5.92 Å². The van der Waals surface area contributed by atoms with Crippen LogP contribution in [-0.2, 0) is 0 Å². The molecule has 1 fully saturated rings. The van der Waals surface area contributed by atoms with Gasteiger partial charge in [0.2, 0.25) is 0 Å². The van der Waals surface area contributed by atoms with E-state index in [9.17, 15) is 15.0 Å². The maximum Gasteiger partial charge on any atom is 0.366 e. The SMILES string of the molecule is Nc1cnn([C@@H]2C[C@H](CO)[C@@H](O)[C@H]2O)c(=O)n1. The van der Waals surface area contributed by atoms with Crippen molar-refractivity contribution in [2.75, 3.05) is 12.3 Å². The molecule has 8 heteroatoms. The van der Waals surface area contributed by atoms with Crippen LogP contribution in [0.1, 0.15) is 12.5 Å². The summed E-state index contributed by atoms with van der Waals surface area (Å²) in [6.07, 6.45) is -0.761. The third-order valence-corrected chi connectivity index (χ3v) is 3.06. The lowest BCUT2D eigenvalue weighted by atomic mass is 10.1. The summed E-state index contributed by atoms with van der Waals surface area (Å²) in [5, 5.41) is 32.2. The zero-order valence-electron chi connectivity index (χ0n) is 8.97. The number of anilines is 1. The standard InChI is InChI=1S/C9H14N4O4/c10-6-2-11-13(9(17)12-6)5-1-4(3-14)7(15)8(5)16/h2,4-5,7-8,14-16H,1,3H2,(H2,10,12,17)/t4-,5-,7-,8+/m1/s1. The number of nitrogens with two attached hydrogens (primary N) is 1. The summed E-state index contributed by atoms with van der Waals surface area (Å²) in [5.41, 5.74) is 4.62. The van der Waals surface area contributed by atoms with Crippen molar-refractivity contribution in [1.82, 2.24) is 14.8 Å². The third-order valence-electron chi connectivity index (χ3n) is 3.06. The molecule has 1 aromatic rings. The topological polar surface area (TPSA) is 134 Å². The lowest BCUT2D eigenvalue weighted by Gasteiger charge is -2.17. The number of aliphatic hydroxyl groups excluding tert-OH is 3. The van der Waals surface area contributed by atoms with Gasteiger partial charge in [-0.25, -0.2) is 9.48 Å². The zero-order valence-corrected chi connectivity index (χ0v) is 8.97. The van der Waals surface area contributed by atoms with E-state index in [4.69, 9.17) is 10.8 Å². The second-order valence-corrected chi connectivity index (χ2v) is 4.14. The molecule has 1 aromatic heterocycles. The van der Waals surface area contributed by atoms with Crippen molar-refractivity contribution in [3.63, 3.8) is 0 Å². The molecule has 5 N–H and O–H groups in total. The number of aromatic nitrogens is 3.